The van der Waals surface area contributed by atoms with Crippen LogP contribution < -0.4 is 11.1 Å². The molecular formula is C14H18N4O. The standard InChI is InChI=1S/C14H18N4O/c1-11(12-5-3-2-4-6-12)7-16-14(19)10-18-9-13(15)8-17-18/h2-6,8-9,11H,7,10,15H2,1H3,(H,16,19). The van der Waals surface area contributed by atoms with E-state index in [1.54, 1.807) is 6.20 Å². The first-order valence-electron chi connectivity index (χ1n) is 6.24. The minimum Gasteiger partial charge on any atom is -0.396 e. The lowest BCUT2D eigenvalue weighted by atomic mass is 10.0. The van der Waals surface area contributed by atoms with Crippen molar-refractivity contribution in [3.8, 4) is 0 Å². The lowest BCUT2D eigenvalue weighted by Gasteiger charge is -2.13. The largest absolute Gasteiger partial charge is 0.396 e. The van der Waals surface area contributed by atoms with Gasteiger partial charge in [0.1, 0.15) is 6.54 Å². The van der Waals surface area contributed by atoms with E-state index in [4.69, 9.17) is 5.73 Å². The third-order valence-corrected chi connectivity index (χ3v) is 2.93. The molecule has 1 heterocycles. The molecule has 1 amide bonds. The maximum absolute atomic E-state index is 11.7. The van der Waals surface area contributed by atoms with Crippen molar-refractivity contribution in [2.75, 3.05) is 12.3 Å². The van der Waals surface area contributed by atoms with Gasteiger partial charge >= 0.3 is 0 Å². The van der Waals surface area contributed by atoms with Crippen molar-refractivity contribution in [3.05, 3.63) is 48.3 Å². The number of anilines is 1. The Bertz CT molecular complexity index is 535. The monoisotopic (exact) mass is 258 g/mol. The first-order valence-corrected chi connectivity index (χ1v) is 6.24. The fourth-order valence-corrected chi connectivity index (χ4v) is 1.84. The highest BCUT2D eigenvalue weighted by atomic mass is 16.2. The van der Waals surface area contributed by atoms with Crippen LogP contribution in [0.2, 0.25) is 0 Å². The highest BCUT2D eigenvalue weighted by Gasteiger charge is 2.08. The number of aromatic nitrogens is 2. The summed E-state index contributed by atoms with van der Waals surface area (Å²) in [5.41, 5.74) is 7.31. The van der Waals surface area contributed by atoms with Crippen molar-refractivity contribution in [2.24, 2.45) is 0 Å². The summed E-state index contributed by atoms with van der Waals surface area (Å²) in [7, 11) is 0. The Morgan fingerprint density at radius 3 is 2.79 bits per heavy atom. The van der Waals surface area contributed by atoms with Crippen LogP contribution in [0, 0.1) is 0 Å². The molecule has 2 aromatic rings. The number of nitrogens with two attached hydrogens (primary N) is 1. The van der Waals surface area contributed by atoms with Gasteiger partial charge in [-0.3, -0.25) is 9.48 Å². The van der Waals surface area contributed by atoms with E-state index in [2.05, 4.69) is 29.5 Å². The molecular weight excluding hydrogens is 240 g/mol. The number of benzene rings is 1. The lowest BCUT2D eigenvalue weighted by molar-refractivity contribution is -0.121. The van der Waals surface area contributed by atoms with E-state index in [9.17, 15) is 4.79 Å². The fraction of sp³-hybridized carbons (Fsp3) is 0.286. The van der Waals surface area contributed by atoms with Gasteiger partial charge in [0.25, 0.3) is 0 Å². The van der Waals surface area contributed by atoms with E-state index in [1.807, 2.05) is 18.2 Å². The average molecular weight is 258 g/mol. The molecule has 100 valence electrons. The Balaban J connectivity index is 1.80. The number of rotatable bonds is 5. The second kappa shape index (κ2) is 6.04. The highest BCUT2D eigenvalue weighted by Crippen LogP contribution is 2.12. The number of nitrogen functional groups attached to an aromatic ring is 1. The Morgan fingerprint density at radius 2 is 2.16 bits per heavy atom. The maximum Gasteiger partial charge on any atom is 0.241 e. The van der Waals surface area contributed by atoms with Gasteiger partial charge in [0.15, 0.2) is 0 Å². The summed E-state index contributed by atoms with van der Waals surface area (Å²) in [4.78, 5) is 11.7. The topological polar surface area (TPSA) is 72.9 Å². The summed E-state index contributed by atoms with van der Waals surface area (Å²) in [5, 5.41) is 6.87. The zero-order valence-corrected chi connectivity index (χ0v) is 10.9. The van der Waals surface area contributed by atoms with Crippen molar-refractivity contribution >= 4 is 11.6 Å². The smallest absolute Gasteiger partial charge is 0.241 e. The van der Waals surface area contributed by atoms with E-state index in [0.29, 0.717) is 12.2 Å². The third kappa shape index (κ3) is 3.84. The zero-order chi connectivity index (χ0) is 13.7. The lowest BCUT2D eigenvalue weighted by Crippen LogP contribution is -2.30. The molecule has 2 rings (SSSR count). The van der Waals surface area contributed by atoms with Crippen LogP contribution in [0.1, 0.15) is 18.4 Å². The van der Waals surface area contributed by atoms with Crippen LogP contribution in [0.4, 0.5) is 5.69 Å². The van der Waals surface area contributed by atoms with Gasteiger partial charge in [0, 0.05) is 12.7 Å². The summed E-state index contributed by atoms with van der Waals surface area (Å²) in [6.07, 6.45) is 3.17. The van der Waals surface area contributed by atoms with Gasteiger partial charge in [-0.05, 0) is 11.5 Å². The highest BCUT2D eigenvalue weighted by molar-refractivity contribution is 5.75. The zero-order valence-electron chi connectivity index (χ0n) is 10.9. The molecule has 0 radical (unpaired) electrons. The van der Waals surface area contributed by atoms with Gasteiger partial charge < -0.3 is 11.1 Å². The minimum atomic E-state index is -0.0640. The molecule has 0 bridgehead atoms. The molecule has 5 heteroatoms. The van der Waals surface area contributed by atoms with Gasteiger partial charge in [-0.2, -0.15) is 5.10 Å². The van der Waals surface area contributed by atoms with Gasteiger partial charge in [-0.25, -0.2) is 0 Å². The Kier molecular flexibility index (Phi) is 4.18. The molecule has 0 saturated heterocycles. The quantitative estimate of drug-likeness (QED) is 0.851. The SMILES string of the molecule is CC(CNC(=O)Cn1cc(N)cn1)c1ccccc1. The van der Waals surface area contributed by atoms with Crippen LogP contribution in [0.25, 0.3) is 0 Å². The molecule has 0 aliphatic rings. The summed E-state index contributed by atoms with van der Waals surface area (Å²) in [6, 6.07) is 10.1. The van der Waals surface area contributed by atoms with Crippen LogP contribution in [0.3, 0.4) is 0 Å². The van der Waals surface area contributed by atoms with E-state index in [-0.39, 0.29) is 18.4 Å². The molecule has 0 fully saturated rings. The minimum absolute atomic E-state index is 0.0640. The normalized spacial score (nSPS) is 12.1. The number of nitrogens with zero attached hydrogens (tertiary/aromatic N) is 2. The van der Waals surface area contributed by atoms with Crippen molar-refractivity contribution in [1.82, 2.24) is 15.1 Å². The number of hydrogen-bond acceptors (Lipinski definition) is 3. The third-order valence-electron chi connectivity index (χ3n) is 2.93. The summed E-state index contributed by atoms with van der Waals surface area (Å²) >= 11 is 0. The number of carbonyl (C=O) groups excluding carboxylic acids is 1. The molecule has 0 aliphatic heterocycles. The number of amides is 1. The molecule has 0 aliphatic carbocycles. The molecule has 1 aromatic carbocycles. The number of carbonyl (C=O) groups is 1. The maximum atomic E-state index is 11.7. The Hall–Kier alpha value is -2.30. The molecule has 1 atom stereocenters. The van der Waals surface area contributed by atoms with E-state index >= 15 is 0 Å². The number of nitrogens with one attached hydrogen (secondary N) is 1. The predicted molar refractivity (Wildman–Crippen MR) is 74.5 cm³/mol. The van der Waals surface area contributed by atoms with Crippen LogP contribution in [0.15, 0.2) is 42.7 Å². The molecule has 3 N–H and O–H groups in total. The summed E-state index contributed by atoms with van der Waals surface area (Å²) in [6.45, 7) is 2.89. The molecule has 0 saturated carbocycles. The summed E-state index contributed by atoms with van der Waals surface area (Å²) < 4.78 is 1.53. The fourth-order valence-electron chi connectivity index (χ4n) is 1.84. The predicted octanol–water partition coefficient (Wildman–Crippen LogP) is 1.39. The first kappa shape index (κ1) is 13.1. The molecule has 1 aromatic heterocycles. The Morgan fingerprint density at radius 1 is 1.42 bits per heavy atom. The first-order chi connectivity index (χ1) is 9.15. The Labute approximate surface area is 112 Å². The molecule has 1 unspecified atom stereocenters. The second-order valence-electron chi connectivity index (χ2n) is 4.59. The van der Waals surface area contributed by atoms with Crippen molar-refractivity contribution in [2.45, 2.75) is 19.4 Å². The van der Waals surface area contributed by atoms with E-state index in [0.717, 1.165) is 0 Å². The summed E-state index contributed by atoms with van der Waals surface area (Å²) in [5.74, 6) is 0.221. The molecule has 5 nitrogen and oxygen atoms in total. The van der Waals surface area contributed by atoms with Gasteiger partial charge in [0.05, 0.1) is 11.9 Å². The van der Waals surface area contributed by atoms with Crippen molar-refractivity contribution < 1.29 is 4.79 Å². The van der Waals surface area contributed by atoms with E-state index in [1.165, 1.54) is 16.4 Å². The van der Waals surface area contributed by atoms with Gasteiger partial charge in [-0.1, -0.05) is 37.3 Å². The van der Waals surface area contributed by atoms with Crippen LogP contribution in [-0.4, -0.2) is 22.2 Å². The number of hydrogen-bond donors (Lipinski definition) is 2. The van der Waals surface area contributed by atoms with Gasteiger partial charge in [-0.15, -0.1) is 0 Å². The molecule has 0 spiro atoms. The second-order valence-corrected chi connectivity index (χ2v) is 4.59. The van der Waals surface area contributed by atoms with Crippen molar-refractivity contribution in [1.29, 1.82) is 0 Å². The van der Waals surface area contributed by atoms with Gasteiger partial charge in [0.2, 0.25) is 5.91 Å². The van der Waals surface area contributed by atoms with Crippen LogP contribution in [-0.2, 0) is 11.3 Å². The molecule has 19 heavy (non-hydrogen) atoms. The average Bonchev–Trinajstić information content (AvgIpc) is 2.82. The van der Waals surface area contributed by atoms with Crippen LogP contribution >= 0.6 is 0 Å². The van der Waals surface area contributed by atoms with Crippen molar-refractivity contribution in [3.63, 3.8) is 0 Å². The van der Waals surface area contributed by atoms with Crippen LogP contribution in [0.5, 0.6) is 0 Å². The van der Waals surface area contributed by atoms with E-state index < -0.39 is 0 Å².